The molecule has 2 unspecified atom stereocenters. The van der Waals surface area contributed by atoms with Gasteiger partial charge in [0.15, 0.2) is 0 Å². The second kappa shape index (κ2) is 12.6. The highest BCUT2D eigenvalue weighted by Crippen LogP contribution is 2.31. The highest BCUT2D eigenvalue weighted by Gasteiger charge is 2.24. The minimum absolute atomic E-state index is 0.0205. The summed E-state index contributed by atoms with van der Waals surface area (Å²) in [4.78, 5) is 37.4. The number of anilines is 1. The number of ether oxygens (including phenoxy) is 1. The molecule has 1 heterocycles. The van der Waals surface area contributed by atoms with Gasteiger partial charge >= 0.3 is 12.1 Å². The van der Waals surface area contributed by atoms with Crippen LogP contribution in [0.15, 0.2) is 72.8 Å². The van der Waals surface area contributed by atoms with E-state index in [9.17, 15) is 23.9 Å². The maximum Gasteiger partial charge on any atom is 0.412 e. The van der Waals surface area contributed by atoms with Gasteiger partial charge in [-0.25, -0.2) is 14.0 Å². The Morgan fingerprint density at radius 3 is 2.37 bits per heavy atom. The number of amides is 2. The summed E-state index contributed by atoms with van der Waals surface area (Å²) < 4.78 is 21.1. The molecule has 0 radical (unpaired) electrons. The molecule has 0 fully saturated rings. The summed E-state index contributed by atoms with van der Waals surface area (Å²) in [5.41, 5.74) is 3.13. The van der Waals surface area contributed by atoms with E-state index >= 15 is 0 Å². The number of aromatic nitrogens is 2. The lowest BCUT2D eigenvalue weighted by molar-refractivity contribution is -0.139. The zero-order valence-electron chi connectivity index (χ0n) is 22.5. The lowest BCUT2D eigenvalue weighted by Gasteiger charge is -2.16. The maximum atomic E-state index is 14.1. The number of carbonyl (C=O) groups is 3. The molecule has 11 heteroatoms. The molecule has 0 saturated heterocycles. The molecule has 0 aliphatic heterocycles. The summed E-state index contributed by atoms with van der Waals surface area (Å²) in [6, 6.07) is 18.0. The first-order valence-electron chi connectivity index (χ1n) is 12.7. The molecule has 41 heavy (non-hydrogen) atoms. The maximum absolute atomic E-state index is 14.1. The Morgan fingerprint density at radius 2 is 1.71 bits per heavy atom. The predicted molar refractivity (Wildman–Crippen MR) is 152 cm³/mol. The summed E-state index contributed by atoms with van der Waals surface area (Å²) in [6.45, 7) is 3.33. The van der Waals surface area contributed by atoms with Gasteiger partial charge in [0.2, 0.25) is 0 Å². The lowest BCUT2D eigenvalue weighted by Crippen LogP contribution is -2.42. The van der Waals surface area contributed by atoms with Gasteiger partial charge in [0.1, 0.15) is 23.7 Å². The minimum Gasteiger partial charge on any atom is -0.480 e. The standard InChI is InChI=1S/C30H28ClFN4O5/c1-17-26(34-30(40)41-18(2)22-9-5-7-11-24(22)32)27(35-36(17)3)19-12-14-20(15-13-19)28(37)33-25(29(38)39)16-21-8-4-6-10-23(21)31/h4-15,18,25H,16H2,1-3H3,(H,33,37)(H,34,40)(H,38,39). The molecule has 2 atom stereocenters. The van der Waals surface area contributed by atoms with Crippen molar-refractivity contribution in [3.05, 3.63) is 106 Å². The van der Waals surface area contributed by atoms with Crippen LogP contribution in [0, 0.1) is 12.7 Å². The molecular weight excluding hydrogens is 551 g/mol. The number of carboxylic acids is 1. The third-order valence-corrected chi connectivity index (χ3v) is 6.96. The Kier molecular flexibility index (Phi) is 9.04. The van der Waals surface area contributed by atoms with Crippen LogP contribution in [0.4, 0.5) is 14.9 Å². The highest BCUT2D eigenvalue weighted by atomic mass is 35.5. The van der Waals surface area contributed by atoms with Crippen LogP contribution in [0.25, 0.3) is 11.3 Å². The molecule has 212 valence electrons. The van der Waals surface area contributed by atoms with Gasteiger partial charge in [-0.3, -0.25) is 14.8 Å². The zero-order chi connectivity index (χ0) is 29.7. The summed E-state index contributed by atoms with van der Waals surface area (Å²) in [5.74, 6) is -2.24. The second-order valence-electron chi connectivity index (χ2n) is 9.36. The van der Waals surface area contributed by atoms with Gasteiger partial charge in [-0.2, -0.15) is 5.10 Å². The fourth-order valence-corrected chi connectivity index (χ4v) is 4.44. The lowest BCUT2D eigenvalue weighted by atomic mass is 10.0. The van der Waals surface area contributed by atoms with E-state index in [1.807, 2.05) is 0 Å². The van der Waals surface area contributed by atoms with E-state index in [2.05, 4.69) is 15.7 Å². The number of aliphatic carboxylic acids is 1. The normalized spacial score (nSPS) is 12.3. The van der Waals surface area contributed by atoms with Crippen molar-refractivity contribution >= 4 is 35.3 Å². The predicted octanol–water partition coefficient (Wildman–Crippen LogP) is 5.92. The fraction of sp³-hybridized carbons (Fsp3) is 0.200. The van der Waals surface area contributed by atoms with Crippen molar-refractivity contribution in [3.8, 4) is 11.3 Å². The highest BCUT2D eigenvalue weighted by molar-refractivity contribution is 6.31. The first kappa shape index (κ1) is 29.3. The number of hydrogen-bond donors (Lipinski definition) is 3. The number of hydrogen-bond acceptors (Lipinski definition) is 5. The SMILES string of the molecule is Cc1c(NC(=O)OC(C)c2ccccc2F)c(-c2ccc(C(=O)NC(Cc3ccccc3Cl)C(=O)O)cc2)nn1C. The smallest absolute Gasteiger partial charge is 0.412 e. The molecule has 0 saturated carbocycles. The molecule has 0 bridgehead atoms. The van der Waals surface area contributed by atoms with Crippen LogP contribution < -0.4 is 10.6 Å². The van der Waals surface area contributed by atoms with E-state index in [1.54, 1.807) is 80.2 Å². The van der Waals surface area contributed by atoms with Crippen LogP contribution >= 0.6 is 11.6 Å². The van der Waals surface area contributed by atoms with Crippen LogP contribution in [-0.4, -0.2) is 38.9 Å². The molecule has 9 nitrogen and oxygen atoms in total. The van der Waals surface area contributed by atoms with Gasteiger partial charge in [-0.05, 0) is 43.7 Å². The third-order valence-electron chi connectivity index (χ3n) is 6.59. The molecule has 0 aliphatic rings. The minimum atomic E-state index is -1.19. The Balaban J connectivity index is 1.48. The van der Waals surface area contributed by atoms with Crippen molar-refractivity contribution in [1.29, 1.82) is 0 Å². The van der Waals surface area contributed by atoms with Crippen molar-refractivity contribution < 1.29 is 28.6 Å². The molecular formula is C30H28ClFN4O5. The molecule has 4 rings (SSSR count). The summed E-state index contributed by atoms with van der Waals surface area (Å²) >= 11 is 6.16. The Hall–Kier alpha value is -4.70. The molecule has 2 amide bonds. The van der Waals surface area contributed by atoms with Crippen LogP contribution in [-0.2, 0) is 23.0 Å². The zero-order valence-corrected chi connectivity index (χ0v) is 23.3. The van der Waals surface area contributed by atoms with E-state index in [0.717, 1.165) is 0 Å². The van der Waals surface area contributed by atoms with Crippen molar-refractivity contribution in [2.24, 2.45) is 7.05 Å². The Bertz CT molecular complexity index is 1590. The van der Waals surface area contributed by atoms with E-state index < -0.39 is 35.9 Å². The molecule has 4 aromatic rings. The monoisotopic (exact) mass is 578 g/mol. The van der Waals surface area contributed by atoms with Gasteiger partial charge < -0.3 is 15.2 Å². The number of rotatable bonds is 9. The number of nitrogens with one attached hydrogen (secondary N) is 2. The van der Waals surface area contributed by atoms with Crippen LogP contribution in [0.5, 0.6) is 0 Å². The molecule has 3 N–H and O–H groups in total. The average Bonchev–Trinajstić information content (AvgIpc) is 3.22. The van der Waals surface area contributed by atoms with E-state index in [-0.39, 0.29) is 17.5 Å². The summed E-state index contributed by atoms with van der Waals surface area (Å²) in [6.07, 6.45) is -1.60. The molecule has 3 aromatic carbocycles. The molecule has 0 aliphatic carbocycles. The van der Waals surface area contributed by atoms with E-state index in [0.29, 0.717) is 33.2 Å². The second-order valence-corrected chi connectivity index (χ2v) is 9.77. The number of halogens is 2. The number of aryl methyl sites for hydroxylation is 1. The topological polar surface area (TPSA) is 123 Å². The first-order chi connectivity index (χ1) is 19.5. The van der Waals surface area contributed by atoms with Gasteiger partial charge in [-0.15, -0.1) is 0 Å². The average molecular weight is 579 g/mol. The Labute approximate surface area is 240 Å². The quantitative estimate of drug-likeness (QED) is 0.226. The summed E-state index contributed by atoms with van der Waals surface area (Å²) in [7, 11) is 1.71. The molecule has 1 aromatic heterocycles. The van der Waals surface area contributed by atoms with Crippen molar-refractivity contribution in [2.75, 3.05) is 5.32 Å². The Morgan fingerprint density at radius 1 is 1.05 bits per heavy atom. The number of benzene rings is 3. The van der Waals surface area contributed by atoms with Gasteiger partial charge in [-0.1, -0.05) is 60.1 Å². The van der Waals surface area contributed by atoms with Crippen LogP contribution in [0.2, 0.25) is 5.02 Å². The fourth-order valence-electron chi connectivity index (χ4n) is 4.23. The largest absolute Gasteiger partial charge is 0.480 e. The number of carbonyl (C=O) groups excluding carboxylic acids is 2. The van der Waals surface area contributed by atoms with E-state index in [4.69, 9.17) is 16.3 Å². The summed E-state index contributed by atoms with van der Waals surface area (Å²) in [5, 5.41) is 19.8. The van der Waals surface area contributed by atoms with Crippen LogP contribution in [0.1, 0.15) is 40.2 Å². The van der Waals surface area contributed by atoms with Crippen molar-refractivity contribution in [2.45, 2.75) is 32.4 Å². The first-order valence-corrected chi connectivity index (χ1v) is 13.1. The number of nitrogens with zero attached hydrogens (tertiary/aromatic N) is 2. The number of carboxylic acid groups (broad SMARTS) is 1. The van der Waals surface area contributed by atoms with Gasteiger partial charge in [0.05, 0.1) is 11.4 Å². The van der Waals surface area contributed by atoms with Crippen LogP contribution in [0.3, 0.4) is 0 Å². The van der Waals surface area contributed by atoms with Gasteiger partial charge in [0.25, 0.3) is 5.91 Å². The van der Waals surface area contributed by atoms with E-state index in [1.165, 1.54) is 18.2 Å². The van der Waals surface area contributed by atoms with Crippen molar-refractivity contribution in [3.63, 3.8) is 0 Å². The molecule has 0 spiro atoms. The van der Waals surface area contributed by atoms with Gasteiger partial charge in [0, 0.05) is 35.2 Å². The van der Waals surface area contributed by atoms with Crippen molar-refractivity contribution in [1.82, 2.24) is 15.1 Å². The third kappa shape index (κ3) is 6.90.